The Bertz CT molecular complexity index is 355. The molecule has 0 radical (unpaired) electrons. The van der Waals surface area contributed by atoms with E-state index >= 15 is 0 Å². The van der Waals surface area contributed by atoms with Gasteiger partial charge in [0.05, 0.1) is 7.11 Å². The summed E-state index contributed by atoms with van der Waals surface area (Å²) in [6, 6.07) is 0.608. The molecular weight excluding hydrogens is 252 g/mol. The van der Waals surface area contributed by atoms with Crippen LogP contribution in [0.1, 0.15) is 13.3 Å². The molecule has 0 aliphatic rings. The highest BCUT2D eigenvalue weighted by Crippen LogP contribution is 2.18. The molecule has 0 aliphatic heterocycles. The van der Waals surface area contributed by atoms with E-state index in [0.717, 1.165) is 12.2 Å². The number of nitrogens with one attached hydrogen (secondary N) is 1. The molecule has 0 aliphatic carbocycles. The van der Waals surface area contributed by atoms with Crippen LogP contribution in [0.2, 0.25) is 0 Å². The summed E-state index contributed by atoms with van der Waals surface area (Å²) in [5.74, 6) is 7.18. The third-order valence-electron chi connectivity index (χ3n) is 2.61. The number of nitrogens with two attached hydrogens (primary N) is 1. The van der Waals surface area contributed by atoms with Gasteiger partial charge in [-0.1, -0.05) is 6.92 Å². The van der Waals surface area contributed by atoms with Crippen molar-refractivity contribution in [3.8, 4) is 6.01 Å². The van der Waals surface area contributed by atoms with Crippen molar-refractivity contribution in [2.45, 2.75) is 19.4 Å². The molecule has 1 heterocycles. The summed E-state index contributed by atoms with van der Waals surface area (Å²) in [4.78, 5) is 14.4. The van der Waals surface area contributed by atoms with Gasteiger partial charge in [0, 0.05) is 18.8 Å². The number of hydrogen-bond donors (Lipinski definition) is 2. The summed E-state index contributed by atoms with van der Waals surface area (Å²) in [6.45, 7) is 2.14. The Labute approximate surface area is 112 Å². The Morgan fingerprint density at radius 1 is 1.44 bits per heavy atom. The van der Waals surface area contributed by atoms with Gasteiger partial charge in [-0.25, -0.2) is 5.84 Å². The molecule has 3 N–H and O–H groups in total. The zero-order chi connectivity index (χ0) is 13.5. The van der Waals surface area contributed by atoms with Gasteiger partial charge >= 0.3 is 6.01 Å². The lowest BCUT2D eigenvalue weighted by atomic mass is 10.2. The monoisotopic (exact) mass is 272 g/mol. The number of thioether (sulfide) groups is 1. The quantitative estimate of drug-likeness (QED) is 0.555. The van der Waals surface area contributed by atoms with Gasteiger partial charge in [0.1, 0.15) is 0 Å². The summed E-state index contributed by atoms with van der Waals surface area (Å²) in [6.07, 6.45) is 3.09. The minimum Gasteiger partial charge on any atom is -0.467 e. The molecule has 0 saturated heterocycles. The van der Waals surface area contributed by atoms with Crippen molar-refractivity contribution in [2.75, 3.05) is 36.5 Å². The predicted octanol–water partition coefficient (Wildman–Crippen LogP) is 0.744. The highest BCUT2D eigenvalue weighted by molar-refractivity contribution is 7.98. The zero-order valence-electron chi connectivity index (χ0n) is 11.2. The van der Waals surface area contributed by atoms with Gasteiger partial charge in [-0.15, -0.1) is 0 Å². The van der Waals surface area contributed by atoms with Crippen molar-refractivity contribution in [1.29, 1.82) is 0 Å². The molecule has 0 spiro atoms. The van der Waals surface area contributed by atoms with Crippen LogP contribution in [-0.2, 0) is 0 Å². The van der Waals surface area contributed by atoms with Crippen molar-refractivity contribution in [3.05, 3.63) is 0 Å². The van der Waals surface area contributed by atoms with E-state index < -0.39 is 0 Å². The molecule has 1 aromatic rings. The van der Waals surface area contributed by atoms with E-state index in [1.807, 2.05) is 11.9 Å². The van der Waals surface area contributed by atoms with E-state index in [4.69, 9.17) is 10.6 Å². The largest absolute Gasteiger partial charge is 0.467 e. The van der Waals surface area contributed by atoms with Crippen LogP contribution in [0.3, 0.4) is 0 Å². The fourth-order valence-electron chi connectivity index (χ4n) is 1.52. The maximum absolute atomic E-state index is 5.33. The molecule has 1 aromatic heterocycles. The molecular formula is C10H20N6OS. The number of aromatic nitrogens is 3. The molecule has 1 atom stereocenters. The van der Waals surface area contributed by atoms with E-state index in [0.29, 0.717) is 17.9 Å². The lowest BCUT2D eigenvalue weighted by molar-refractivity contribution is 0.378. The van der Waals surface area contributed by atoms with E-state index in [1.54, 1.807) is 11.8 Å². The maximum Gasteiger partial charge on any atom is 0.322 e. The number of nitrogen functional groups attached to an aromatic ring is 1. The van der Waals surface area contributed by atoms with Gasteiger partial charge in [-0.3, -0.25) is 5.43 Å². The van der Waals surface area contributed by atoms with Crippen molar-refractivity contribution in [1.82, 2.24) is 15.0 Å². The number of hydrazine groups is 1. The minimum absolute atomic E-state index is 0.249. The van der Waals surface area contributed by atoms with Gasteiger partial charge in [0.2, 0.25) is 11.9 Å². The average Bonchev–Trinajstić information content (AvgIpc) is 2.43. The number of methoxy groups -OCH3 is 1. The molecule has 102 valence electrons. The van der Waals surface area contributed by atoms with Crippen LogP contribution >= 0.6 is 11.8 Å². The summed E-state index contributed by atoms with van der Waals surface area (Å²) < 4.78 is 5.03. The van der Waals surface area contributed by atoms with Gasteiger partial charge < -0.3 is 9.64 Å². The fourth-order valence-corrected chi connectivity index (χ4v) is 2.36. The van der Waals surface area contributed by atoms with Crippen LogP contribution < -0.4 is 20.9 Å². The van der Waals surface area contributed by atoms with Crippen LogP contribution in [-0.4, -0.2) is 47.2 Å². The highest BCUT2D eigenvalue weighted by Gasteiger charge is 2.17. The van der Waals surface area contributed by atoms with E-state index in [-0.39, 0.29) is 6.01 Å². The molecule has 18 heavy (non-hydrogen) atoms. The maximum atomic E-state index is 5.33. The second kappa shape index (κ2) is 7.22. The standard InChI is InChI=1S/C10H20N6OS/c1-5-7(6-18-4)16(2)9-12-8(15-11)13-10(14-9)17-3/h7H,5-6,11H2,1-4H3,(H,12,13,14,15). The van der Waals surface area contributed by atoms with Crippen LogP contribution in [0.4, 0.5) is 11.9 Å². The third-order valence-corrected chi connectivity index (χ3v) is 3.33. The number of nitrogens with zero attached hydrogens (tertiary/aromatic N) is 4. The van der Waals surface area contributed by atoms with Crippen molar-refractivity contribution < 1.29 is 4.74 Å². The zero-order valence-corrected chi connectivity index (χ0v) is 12.0. The Hall–Kier alpha value is -1.28. The van der Waals surface area contributed by atoms with E-state index in [2.05, 4.69) is 33.6 Å². The minimum atomic E-state index is 0.249. The summed E-state index contributed by atoms with van der Waals surface area (Å²) >= 11 is 1.79. The second-order valence-corrected chi connectivity index (χ2v) is 4.63. The lowest BCUT2D eigenvalue weighted by Crippen LogP contribution is -2.34. The Morgan fingerprint density at radius 3 is 2.67 bits per heavy atom. The Kier molecular flexibility index (Phi) is 5.93. The fraction of sp³-hybridized carbons (Fsp3) is 0.700. The Morgan fingerprint density at radius 2 is 2.17 bits per heavy atom. The van der Waals surface area contributed by atoms with Crippen LogP contribution in [0.25, 0.3) is 0 Å². The number of hydrogen-bond acceptors (Lipinski definition) is 8. The summed E-state index contributed by atoms with van der Waals surface area (Å²) in [7, 11) is 3.47. The first-order valence-electron chi connectivity index (χ1n) is 5.64. The number of anilines is 2. The van der Waals surface area contributed by atoms with E-state index in [9.17, 15) is 0 Å². The molecule has 0 bridgehead atoms. The molecule has 8 heteroatoms. The highest BCUT2D eigenvalue weighted by atomic mass is 32.2. The molecule has 0 saturated carbocycles. The van der Waals surface area contributed by atoms with Crippen molar-refractivity contribution >= 4 is 23.7 Å². The second-order valence-electron chi connectivity index (χ2n) is 3.72. The van der Waals surface area contributed by atoms with Gasteiger partial charge in [-0.05, 0) is 12.7 Å². The van der Waals surface area contributed by atoms with Crippen molar-refractivity contribution in [2.24, 2.45) is 5.84 Å². The molecule has 7 nitrogen and oxygen atoms in total. The van der Waals surface area contributed by atoms with E-state index in [1.165, 1.54) is 7.11 Å². The smallest absolute Gasteiger partial charge is 0.322 e. The Balaban J connectivity index is 2.98. The summed E-state index contributed by atoms with van der Waals surface area (Å²) in [5.41, 5.74) is 2.41. The van der Waals surface area contributed by atoms with Gasteiger partial charge in [-0.2, -0.15) is 26.7 Å². The molecule has 0 aromatic carbocycles. The molecule has 1 unspecified atom stereocenters. The SMILES string of the molecule is CCC(CSC)N(C)c1nc(NN)nc(OC)n1. The van der Waals surface area contributed by atoms with Gasteiger partial charge in [0.15, 0.2) is 0 Å². The number of rotatable bonds is 7. The normalized spacial score (nSPS) is 12.1. The average molecular weight is 272 g/mol. The summed E-state index contributed by atoms with van der Waals surface area (Å²) in [5, 5.41) is 0. The molecule has 0 amide bonds. The van der Waals surface area contributed by atoms with Crippen LogP contribution in [0.5, 0.6) is 6.01 Å². The van der Waals surface area contributed by atoms with Crippen LogP contribution in [0.15, 0.2) is 0 Å². The third kappa shape index (κ3) is 3.61. The first-order valence-corrected chi connectivity index (χ1v) is 7.04. The van der Waals surface area contributed by atoms with Gasteiger partial charge in [0.25, 0.3) is 0 Å². The predicted molar refractivity (Wildman–Crippen MR) is 75.1 cm³/mol. The first-order chi connectivity index (χ1) is 8.65. The lowest BCUT2D eigenvalue weighted by Gasteiger charge is -2.26. The molecule has 1 rings (SSSR count). The number of ether oxygens (including phenoxy) is 1. The van der Waals surface area contributed by atoms with Crippen LogP contribution in [0, 0.1) is 0 Å². The first kappa shape index (κ1) is 14.8. The topological polar surface area (TPSA) is 89.2 Å². The molecule has 0 fully saturated rings. The van der Waals surface area contributed by atoms with Crippen molar-refractivity contribution in [3.63, 3.8) is 0 Å².